The van der Waals surface area contributed by atoms with E-state index in [0.29, 0.717) is 31.7 Å². The predicted octanol–water partition coefficient (Wildman–Crippen LogP) is 1.62. The van der Waals surface area contributed by atoms with Crippen molar-refractivity contribution in [3.05, 3.63) is 54.6 Å². The van der Waals surface area contributed by atoms with Crippen molar-refractivity contribution in [3.8, 4) is 5.75 Å². The number of rotatable bonds is 8. The standard InChI is InChI=1S/C25H33N3O6S/c1-33-20-7-10-22(11-8-20)35(31,32)26-23-12-9-21(34-24(23)18-29)17-25(30)28-15-13-27(14-16-28)19-5-3-2-4-6-19/h2-8,10-11,21,23-24,26,29H,9,12-18H2,1H3/t21-,23-,24-/m1/s1. The van der Waals surface area contributed by atoms with Crippen LogP contribution in [0.3, 0.4) is 0 Å². The normalized spacial score (nSPS) is 23.2. The Balaban J connectivity index is 1.28. The topological polar surface area (TPSA) is 108 Å². The quantitative estimate of drug-likeness (QED) is 0.564. The van der Waals surface area contributed by atoms with Crippen molar-refractivity contribution in [1.29, 1.82) is 0 Å². The Labute approximate surface area is 206 Å². The van der Waals surface area contributed by atoms with E-state index in [1.54, 1.807) is 12.1 Å². The Bertz CT molecular complexity index is 1070. The van der Waals surface area contributed by atoms with E-state index >= 15 is 0 Å². The van der Waals surface area contributed by atoms with E-state index in [1.165, 1.54) is 19.2 Å². The Kier molecular flexibility index (Phi) is 8.27. The first-order valence-corrected chi connectivity index (χ1v) is 13.4. The van der Waals surface area contributed by atoms with Crippen LogP contribution in [0.1, 0.15) is 19.3 Å². The lowest BCUT2D eigenvalue weighted by molar-refractivity contribution is -0.140. The highest BCUT2D eigenvalue weighted by molar-refractivity contribution is 7.89. The van der Waals surface area contributed by atoms with E-state index in [4.69, 9.17) is 9.47 Å². The van der Waals surface area contributed by atoms with Crippen LogP contribution in [0.4, 0.5) is 5.69 Å². The molecule has 2 aromatic carbocycles. The van der Waals surface area contributed by atoms with Gasteiger partial charge in [0.15, 0.2) is 0 Å². The van der Waals surface area contributed by atoms with Crippen LogP contribution >= 0.6 is 0 Å². The average molecular weight is 504 g/mol. The van der Waals surface area contributed by atoms with Gasteiger partial charge in [-0.1, -0.05) is 18.2 Å². The molecule has 35 heavy (non-hydrogen) atoms. The van der Waals surface area contributed by atoms with E-state index in [9.17, 15) is 18.3 Å². The fraction of sp³-hybridized carbons (Fsp3) is 0.480. The molecule has 0 radical (unpaired) electrons. The summed E-state index contributed by atoms with van der Waals surface area (Å²) in [6.07, 6.45) is 0.153. The maximum atomic E-state index is 12.9. The molecule has 2 N–H and O–H groups in total. The first-order valence-electron chi connectivity index (χ1n) is 11.9. The van der Waals surface area contributed by atoms with Gasteiger partial charge in [-0.2, -0.15) is 0 Å². The van der Waals surface area contributed by atoms with Gasteiger partial charge >= 0.3 is 0 Å². The number of piperazine rings is 1. The van der Waals surface area contributed by atoms with Gasteiger partial charge in [-0.3, -0.25) is 4.79 Å². The molecular formula is C25H33N3O6S. The van der Waals surface area contributed by atoms with Crippen LogP contribution in [-0.2, 0) is 19.6 Å². The minimum absolute atomic E-state index is 0.0247. The van der Waals surface area contributed by atoms with Crippen LogP contribution in [0.5, 0.6) is 5.75 Å². The molecular weight excluding hydrogens is 470 g/mol. The summed E-state index contributed by atoms with van der Waals surface area (Å²) in [6.45, 7) is 2.50. The second-order valence-electron chi connectivity index (χ2n) is 8.87. The summed E-state index contributed by atoms with van der Waals surface area (Å²) >= 11 is 0. The van der Waals surface area contributed by atoms with Gasteiger partial charge in [0.2, 0.25) is 15.9 Å². The maximum absolute atomic E-state index is 12.9. The summed E-state index contributed by atoms with van der Waals surface area (Å²) in [6, 6.07) is 15.7. The van der Waals surface area contributed by atoms with E-state index in [0.717, 1.165) is 18.8 Å². The number of carbonyl (C=O) groups excluding carboxylic acids is 1. The second kappa shape index (κ2) is 11.4. The van der Waals surface area contributed by atoms with Gasteiger partial charge in [-0.15, -0.1) is 0 Å². The van der Waals surface area contributed by atoms with Crippen LogP contribution < -0.4 is 14.4 Å². The van der Waals surface area contributed by atoms with Gasteiger partial charge in [0.1, 0.15) is 5.75 Å². The number of aliphatic hydroxyl groups is 1. The number of anilines is 1. The van der Waals surface area contributed by atoms with Gasteiger partial charge in [0.05, 0.1) is 43.3 Å². The number of nitrogens with one attached hydrogen (secondary N) is 1. The minimum Gasteiger partial charge on any atom is -0.497 e. The van der Waals surface area contributed by atoms with Crippen molar-refractivity contribution in [1.82, 2.24) is 9.62 Å². The van der Waals surface area contributed by atoms with Gasteiger partial charge < -0.3 is 24.4 Å². The fourth-order valence-corrected chi connectivity index (χ4v) is 5.91. The lowest BCUT2D eigenvalue weighted by atomic mass is 9.97. The largest absolute Gasteiger partial charge is 0.497 e. The molecule has 2 saturated heterocycles. The SMILES string of the molecule is COc1ccc(S(=O)(=O)N[C@@H]2CC[C@H](CC(=O)N3CCN(c4ccccc4)CC3)O[C@@H]2CO)cc1. The third-order valence-electron chi connectivity index (χ3n) is 6.63. The molecule has 0 aliphatic carbocycles. The van der Waals surface area contributed by atoms with Crippen molar-refractivity contribution in [3.63, 3.8) is 0 Å². The lowest BCUT2D eigenvalue weighted by Gasteiger charge is -2.38. The average Bonchev–Trinajstić information content (AvgIpc) is 2.90. The van der Waals surface area contributed by atoms with Crippen LogP contribution in [0.15, 0.2) is 59.5 Å². The predicted molar refractivity (Wildman–Crippen MR) is 132 cm³/mol. The number of ether oxygens (including phenoxy) is 2. The first-order chi connectivity index (χ1) is 16.9. The third kappa shape index (κ3) is 6.32. The van der Waals surface area contributed by atoms with E-state index in [1.807, 2.05) is 23.1 Å². The molecule has 2 aromatic rings. The smallest absolute Gasteiger partial charge is 0.240 e. The zero-order valence-electron chi connectivity index (χ0n) is 19.9. The number of nitrogens with zero attached hydrogens (tertiary/aromatic N) is 2. The molecule has 2 heterocycles. The van der Waals surface area contributed by atoms with E-state index < -0.39 is 22.2 Å². The molecule has 2 aliphatic heterocycles. The first kappa shape index (κ1) is 25.4. The number of hydrogen-bond donors (Lipinski definition) is 2. The van der Waals surface area contributed by atoms with Crippen molar-refractivity contribution >= 4 is 21.6 Å². The molecule has 0 spiro atoms. The number of amides is 1. The highest BCUT2D eigenvalue weighted by Gasteiger charge is 2.35. The van der Waals surface area contributed by atoms with Crippen molar-refractivity contribution < 1.29 is 27.8 Å². The molecule has 0 aromatic heterocycles. The van der Waals surface area contributed by atoms with Crippen LogP contribution in [-0.4, -0.2) is 82.5 Å². The number of methoxy groups -OCH3 is 1. The number of aliphatic hydroxyl groups excluding tert-OH is 1. The number of para-hydroxylation sites is 1. The third-order valence-corrected chi connectivity index (χ3v) is 8.13. The molecule has 10 heteroatoms. The highest BCUT2D eigenvalue weighted by atomic mass is 32.2. The Morgan fingerprint density at radius 3 is 2.37 bits per heavy atom. The summed E-state index contributed by atoms with van der Waals surface area (Å²) in [5, 5.41) is 9.86. The van der Waals surface area contributed by atoms with Gasteiger partial charge in [-0.05, 0) is 49.2 Å². The summed E-state index contributed by atoms with van der Waals surface area (Å²) in [5.74, 6) is 0.587. The Morgan fingerprint density at radius 1 is 1.06 bits per heavy atom. The second-order valence-corrected chi connectivity index (χ2v) is 10.6. The van der Waals surface area contributed by atoms with Crippen molar-refractivity contribution in [2.75, 3.05) is 44.8 Å². The van der Waals surface area contributed by atoms with Crippen molar-refractivity contribution in [2.24, 2.45) is 0 Å². The van der Waals surface area contributed by atoms with E-state index in [2.05, 4.69) is 21.8 Å². The summed E-state index contributed by atoms with van der Waals surface area (Å²) < 4.78 is 39.3. The molecule has 3 atom stereocenters. The molecule has 1 amide bonds. The summed E-state index contributed by atoms with van der Waals surface area (Å²) in [4.78, 5) is 17.1. The molecule has 2 aliphatic rings. The molecule has 0 bridgehead atoms. The Morgan fingerprint density at radius 2 is 1.74 bits per heavy atom. The van der Waals surface area contributed by atoms with Crippen LogP contribution in [0, 0.1) is 0 Å². The van der Waals surface area contributed by atoms with Crippen molar-refractivity contribution in [2.45, 2.75) is 42.4 Å². The van der Waals surface area contributed by atoms with E-state index in [-0.39, 0.29) is 29.9 Å². The molecule has 9 nitrogen and oxygen atoms in total. The summed E-state index contributed by atoms with van der Waals surface area (Å²) in [7, 11) is -2.28. The van der Waals surface area contributed by atoms with Crippen LogP contribution in [0.25, 0.3) is 0 Å². The monoisotopic (exact) mass is 503 g/mol. The van der Waals surface area contributed by atoms with Crippen LogP contribution in [0.2, 0.25) is 0 Å². The zero-order chi connectivity index (χ0) is 24.8. The minimum atomic E-state index is -3.79. The summed E-state index contributed by atoms with van der Waals surface area (Å²) in [5.41, 5.74) is 1.16. The number of carbonyl (C=O) groups is 1. The molecule has 0 unspecified atom stereocenters. The maximum Gasteiger partial charge on any atom is 0.240 e. The van der Waals surface area contributed by atoms with Gasteiger partial charge in [0.25, 0.3) is 0 Å². The lowest BCUT2D eigenvalue weighted by Crippen LogP contribution is -2.52. The van der Waals surface area contributed by atoms with Gasteiger partial charge in [-0.25, -0.2) is 13.1 Å². The number of benzene rings is 2. The molecule has 4 rings (SSSR count). The molecule has 0 saturated carbocycles. The Hall–Kier alpha value is -2.66. The molecule has 190 valence electrons. The highest BCUT2D eigenvalue weighted by Crippen LogP contribution is 2.25. The fourth-order valence-electron chi connectivity index (χ4n) is 4.62. The van der Waals surface area contributed by atoms with Gasteiger partial charge in [0, 0.05) is 31.9 Å². The molecule has 2 fully saturated rings. The zero-order valence-corrected chi connectivity index (χ0v) is 20.7. The number of hydrogen-bond acceptors (Lipinski definition) is 7. The number of sulfonamides is 1.